The minimum absolute atomic E-state index is 0.0898. The molecule has 3 rings (SSSR count). The maximum absolute atomic E-state index is 12.1. The minimum Gasteiger partial charge on any atom is -0.378 e. The standard InChI is InChI=1S/C15H27NO3S/c1-10(2)19-6-7-20(17,18)16-15-9-11-8-14(15)13-5-3-4-12(11)13/h10-16H,3-9H2,1-2H3/t11-,12+,13-,14+,15-/m1/s1. The van der Waals surface area contributed by atoms with Gasteiger partial charge in [0, 0.05) is 6.04 Å². The van der Waals surface area contributed by atoms with Crippen LogP contribution in [-0.4, -0.2) is 32.9 Å². The molecule has 0 aliphatic heterocycles. The third-order valence-corrected chi connectivity index (χ3v) is 6.93. The highest BCUT2D eigenvalue weighted by molar-refractivity contribution is 7.89. The van der Waals surface area contributed by atoms with Gasteiger partial charge in [-0.3, -0.25) is 0 Å². The molecule has 0 heterocycles. The van der Waals surface area contributed by atoms with Gasteiger partial charge in [0.1, 0.15) is 0 Å². The van der Waals surface area contributed by atoms with Crippen LogP contribution in [0.3, 0.4) is 0 Å². The third kappa shape index (κ3) is 2.90. The molecular formula is C15H27NO3S. The molecule has 0 aromatic carbocycles. The number of sulfonamides is 1. The fourth-order valence-corrected chi connectivity index (χ4v) is 6.05. The predicted octanol–water partition coefficient (Wildman–Crippen LogP) is 2.16. The molecule has 1 N–H and O–H groups in total. The van der Waals surface area contributed by atoms with E-state index in [0.29, 0.717) is 12.5 Å². The second-order valence-electron chi connectivity index (χ2n) is 7.12. The maximum Gasteiger partial charge on any atom is 0.214 e. The topological polar surface area (TPSA) is 55.4 Å². The van der Waals surface area contributed by atoms with Crippen molar-refractivity contribution in [3.63, 3.8) is 0 Å². The first kappa shape index (κ1) is 14.8. The van der Waals surface area contributed by atoms with Crippen molar-refractivity contribution < 1.29 is 13.2 Å². The Hall–Kier alpha value is -0.130. The molecule has 0 radical (unpaired) electrons. The normalized spacial score (nSPS) is 39.6. The molecule has 0 amide bonds. The van der Waals surface area contributed by atoms with Crippen molar-refractivity contribution in [2.24, 2.45) is 23.7 Å². The molecular weight excluding hydrogens is 274 g/mol. The van der Waals surface area contributed by atoms with E-state index in [2.05, 4.69) is 4.72 Å². The summed E-state index contributed by atoms with van der Waals surface area (Å²) in [5, 5.41) is 0. The molecule has 0 aromatic rings. The zero-order valence-electron chi connectivity index (χ0n) is 12.5. The van der Waals surface area contributed by atoms with Gasteiger partial charge in [0.25, 0.3) is 0 Å². The summed E-state index contributed by atoms with van der Waals surface area (Å²) >= 11 is 0. The summed E-state index contributed by atoms with van der Waals surface area (Å²) in [5.41, 5.74) is 0. The average Bonchev–Trinajstić information content (AvgIpc) is 2.97. The average molecular weight is 301 g/mol. The van der Waals surface area contributed by atoms with Crippen LogP contribution in [0.25, 0.3) is 0 Å². The van der Waals surface area contributed by atoms with Gasteiger partial charge in [-0.15, -0.1) is 0 Å². The Bertz CT molecular complexity index is 448. The Morgan fingerprint density at radius 1 is 1.15 bits per heavy atom. The van der Waals surface area contributed by atoms with Crippen LogP contribution < -0.4 is 4.72 Å². The van der Waals surface area contributed by atoms with Crippen molar-refractivity contribution in [3.05, 3.63) is 0 Å². The Labute approximate surface area is 122 Å². The molecule has 0 unspecified atom stereocenters. The van der Waals surface area contributed by atoms with Crippen LogP contribution in [0.4, 0.5) is 0 Å². The summed E-state index contributed by atoms with van der Waals surface area (Å²) in [5.74, 6) is 3.19. The van der Waals surface area contributed by atoms with Gasteiger partial charge in [-0.2, -0.15) is 0 Å². The number of fused-ring (bicyclic) bond motifs is 5. The summed E-state index contributed by atoms with van der Waals surface area (Å²) in [6.07, 6.45) is 6.46. The molecule has 20 heavy (non-hydrogen) atoms. The summed E-state index contributed by atoms with van der Waals surface area (Å²) in [4.78, 5) is 0. The van der Waals surface area contributed by atoms with E-state index in [1.54, 1.807) is 0 Å². The van der Waals surface area contributed by atoms with E-state index < -0.39 is 10.0 Å². The van der Waals surface area contributed by atoms with Crippen LogP contribution in [0.5, 0.6) is 0 Å². The van der Waals surface area contributed by atoms with Crippen molar-refractivity contribution in [3.8, 4) is 0 Å². The molecule has 4 nitrogen and oxygen atoms in total. The molecule has 5 atom stereocenters. The van der Waals surface area contributed by atoms with E-state index in [1.165, 1.54) is 25.7 Å². The van der Waals surface area contributed by atoms with E-state index in [9.17, 15) is 8.42 Å². The first-order valence-corrected chi connectivity index (χ1v) is 9.73. The SMILES string of the molecule is CC(C)OCCS(=O)(=O)N[C@@H]1C[C@H]2C[C@H]1[C@@H]1CCC[C@@H]21. The lowest BCUT2D eigenvalue weighted by Gasteiger charge is -2.31. The van der Waals surface area contributed by atoms with Gasteiger partial charge in [-0.25, -0.2) is 13.1 Å². The Kier molecular flexibility index (Phi) is 4.13. The maximum atomic E-state index is 12.1. The van der Waals surface area contributed by atoms with Gasteiger partial charge in [-0.05, 0) is 63.2 Å². The van der Waals surface area contributed by atoms with Gasteiger partial charge in [-0.1, -0.05) is 6.42 Å². The highest BCUT2D eigenvalue weighted by Crippen LogP contribution is 2.58. The molecule has 0 aromatic heterocycles. The van der Waals surface area contributed by atoms with E-state index in [-0.39, 0.29) is 17.9 Å². The van der Waals surface area contributed by atoms with E-state index in [1.807, 2.05) is 13.8 Å². The van der Waals surface area contributed by atoms with Crippen molar-refractivity contribution in [1.29, 1.82) is 0 Å². The number of nitrogens with one attached hydrogen (secondary N) is 1. The number of hydrogen-bond acceptors (Lipinski definition) is 3. The van der Waals surface area contributed by atoms with Crippen LogP contribution in [0.1, 0.15) is 46.0 Å². The van der Waals surface area contributed by atoms with Crippen molar-refractivity contribution in [2.45, 2.75) is 58.1 Å². The Balaban J connectivity index is 1.54. The molecule has 3 aliphatic rings. The monoisotopic (exact) mass is 301 g/mol. The molecule has 5 heteroatoms. The quantitative estimate of drug-likeness (QED) is 0.818. The first-order chi connectivity index (χ1) is 9.46. The molecule has 3 aliphatic carbocycles. The van der Waals surface area contributed by atoms with Crippen LogP contribution in [0, 0.1) is 23.7 Å². The molecule has 2 bridgehead atoms. The largest absolute Gasteiger partial charge is 0.378 e. The van der Waals surface area contributed by atoms with Crippen molar-refractivity contribution in [2.75, 3.05) is 12.4 Å². The fraction of sp³-hybridized carbons (Fsp3) is 1.00. The molecule has 3 fully saturated rings. The highest BCUT2D eigenvalue weighted by Gasteiger charge is 2.54. The van der Waals surface area contributed by atoms with Gasteiger partial charge < -0.3 is 4.74 Å². The van der Waals surface area contributed by atoms with Gasteiger partial charge >= 0.3 is 0 Å². The van der Waals surface area contributed by atoms with Gasteiger partial charge in [0.15, 0.2) is 0 Å². The fourth-order valence-electron chi connectivity index (χ4n) is 4.89. The van der Waals surface area contributed by atoms with E-state index in [4.69, 9.17) is 4.74 Å². The zero-order chi connectivity index (χ0) is 14.3. The molecule has 0 spiro atoms. The summed E-state index contributed by atoms with van der Waals surface area (Å²) in [6, 6.07) is 0.198. The lowest BCUT2D eigenvalue weighted by Crippen LogP contribution is -2.43. The lowest BCUT2D eigenvalue weighted by molar-refractivity contribution is 0.0910. The summed E-state index contributed by atoms with van der Waals surface area (Å²) in [7, 11) is -3.19. The Morgan fingerprint density at radius 3 is 2.65 bits per heavy atom. The number of rotatable bonds is 6. The minimum atomic E-state index is -3.19. The van der Waals surface area contributed by atoms with Crippen LogP contribution in [-0.2, 0) is 14.8 Å². The van der Waals surface area contributed by atoms with Crippen molar-refractivity contribution >= 4 is 10.0 Å². The number of ether oxygens (including phenoxy) is 1. The lowest BCUT2D eigenvalue weighted by atomic mass is 9.79. The number of hydrogen-bond donors (Lipinski definition) is 1. The zero-order valence-corrected chi connectivity index (χ0v) is 13.4. The van der Waals surface area contributed by atoms with Gasteiger partial charge in [0.2, 0.25) is 10.0 Å². The molecule has 116 valence electrons. The first-order valence-electron chi connectivity index (χ1n) is 8.08. The van der Waals surface area contributed by atoms with E-state index in [0.717, 1.165) is 24.2 Å². The van der Waals surface area contributed by atoms with Crippen LogP contribution in [0.2, 0.25) is 0 Å². The van der Waals surface area contributed by atoms with Crippen LogP contribution >= 0.6 is 0 Å². The Morgan fingerprint density at radius 2 is 1.90 bits per heavy atom. The predicted molar refractivity (Wildman–Crippen MR) is 78.8 cm³/mol. The summed E-state index contributed by atoms with van der Waals surface area (Å²) < 4.78 is 32.6. The molecule has 0 saturated heterocycles. The smallest absolute Gasteiger partial charge is 0.214 e. The second kappa shape index (κ2) is 5.58. The second-order valence-corrected chi connectivity index (χ2v) is 8.99. The third-order valence-electron chi connectivity index (χ3n) is 5.56. The molecule has 3 saturated carbocycles. The van der Waals surface area contributed by atoms with Crippen molar-refractivity contribution in [1.82, 2.24) is 4.72 Å². The summed E-state index contributed by atoms with van der Waals surface area (Å²) in [6.45, 7) is 4.15. The van der Waals surface area contributed by atoms with Gasteiger partial charge in [0.05, 0.1) is 18.5 Å². The van der Waals surface area contributed by atoms with E-state index >= 15 is 0 Å². The van der Waals surface area contributed by atoms with Crippen LogP contribution in [0.15, 0.2) is 0 Å². The highest BCUT2D eigenvalue weighted by atomic mass is 32.2.